The summed E-state index contributed by atoms with van der Waals surface area (Å²) in [6.45, 7) is 5.35. The molecule has 2 fully saturated rings. The fraction of sp³-hybridized carbons (Fsp3) is 0.536. The van der Waals surface area contributed by atoms with Crippen molar-refractivity contribution in [1.82, 2.24) is 9.80 Å². The number of benzene rings is 1. The van der Waals surface area contributed by atoms with E-state index in [0.29, 0.717) is 36.6 Å². The lowest BCUT2D eigenvalue weighted by Gasteiger charge is -2.38. The molecule has 4 aliphatic heterocycles. The molecule has 0 radical (unpaired) electrons. The lowest BCUT2D eigenvalue weighted by Crippen LogP contribution is -2.56. The fourth-order valence-corrected chi connectivity index (χ4v) is 6.89. The number of fused-ring (bicyclic) bond motifs is 2. The van der Waals surface area contributed by atoms with Crippen LogP contribution in [0, 0.1) is 11.8 Å². The summed E-state index contributed by atoms with van der Waals surface area (Å²) in [6.07, 6.45) is 9.19. The van der Waals surface area contributed by atoms with Gasteiger partial charge >= 0.3 is 0 Å². The van der Waals surface area contributed by atoms with Crippen molar-refractivity contribution in [2.45, 2.75) is 50.4 Å². The number of para-hydroxylation sites is 1. The number of carbonyl (C=O) groups is 3. The van der Waals surface area contributed by atoms with Gasteiger partial charge in [0, 0.05) is 32.8 Å². The first-order valence-corrected chi connectivity index (χ1v) is 13.5. The molecule has 2 saturated heterocycles. The first-order valence-electron chi connectivity index (χ1n) is 13.2. The number of aliphatic hydroxyl groups excluding tert-OH is 1. The van der Waals surface area contributed by atoms with Crippen molar-refractivity contribution in [3.63, 3.8) is 0 Å². The molecular weight excluding hydrogens is 494 g/mol. The Morgan fingerprint density at radius 3 is 2.46 bits per heavy atom. The summed E-state index contributed by atoms with van der Waals surface area (Å²) >= 11 is 6.48. The molecule has 1 aromatic carbocycles. The Bertz CT molecular complexity index is 1150. The lowest BCUT2D eigenvalue weighted by molar-refractivity contribution is -0.150. The molecule has 37 heavy (non-hydrogen) atoms. The normalized spacial score (nSPS) is 32.9. The van der Waals surface area contributed by atoms with E-state index in [4.69, 9.17) is 16.3 Å². The predicted molar refractivity (Wildman–Crippen MR) is 140 cm³/mol. The SMILES string of the molecule is CCCN1CC=C[C@@]2(CC)O[C@]34C=CCN(c5ccccc5Cl)C(=O)C3N(CCCO)C(=O)[C@@H]4[C@H]2C1=O. The zero-order valence-electron chi connectivity index (χ0n) is 21.3. The third kappa shape index (κ3) is 3.83. The van der Waals surface area contributed by atoms with Crippen molar-refractivity contribution in [3.05, 3.63) is 53.6 Å². The lowest BCUT2D eigenvalue weighted by atomic mass is 9.73. The van der Waals surface area contributed by atoms with E-state index < -0.39 is 29.1 Å². The minimum atomic E-state index is -1.31. The number of ether oxygens (including phenoxy) is 1. The third-order valence-electron chi connectivity index (χ3n) is 8.22. The minimum absolute atomic E-state index is 0.111. The second-order valence-corrected chi connectivity index (χ2v) is 10.6. The summed E-state index contributed by atoms with van der Waals surface area (Å²) in [5.74, 6) is -2.30. The van der Waals surface area contributed by atoms with E-state index in [2.05, 4.69) is 0 Å². The van der Waals surface area contributed by atoms with Crippen LogP contribution in [0.5, 0.6) is 0 Å². The van der Waals surface area contributed by atoms with Gasteiger partial charge in [-0.15, -0.1) is 0 Å². The molecule has 3 amide bonds. The highest BCUT2D eigenvalue weighted by Crippen LogP contribution is 2.58. The summed E-state index contributed by atoms with van der Waals surface area (Å²) in [4.78, 5) is 47.4. The monoisotopic (exact) mass is 527 g/mol. The second-order valence-electron chi connectivity index (χ2n) is 10.2. The average Bonchev–Trinajstić information content (AvgIpc) is 3.18. The van der Waals surface area contributed by atoms with Gasteiger partial charge in [-0.2, -0.15) is 0 Å². The van der Waals surface area contributed by atoms with E-state index in [1.165, 1.54) is 4.90 Å². The Morgan fingerprint density at radius 1 is 1.00 bits per heavy atom. The molecule has 198 valence electrons. The van der Waals surface area contributed by atoms with E-state index in [0.717, 1.165) is 6.42 Å². The Balaban J connectivity index is 1.66. The first-order chi connectivity index (χ1) is 17.8. The van der Waals surface area contributed by atoms with Gasteiger partial charge in [-0.25, -0.2) is 0 Å². The number of aliphatic hydroxyl groups is 1. The van der Waals surface area contributed by atoms with Gasteiger partial charge in [-0.3, -0.25) is 14.4 Å². The molecule has 1 N–H and O–H groups in total. The summed E-state index contributed by atoms with van der Waals surface area (Å²) in [7, 11) is 0. The number of rotatable bonds is 7. The minimum Gasteiger partial charge on any atom is -0.396 e. The van der Waals surface area contributed by atoms with E-state index in [1.807, 2.05) is 44.2 Å². The Labute approximate surface area is 222 Å². The van der Waals surface area contributed by atoms with Crippen molar-refractivity contribution in [1.29, 1.82) is 0 Å². The van der Waals surface area contributed by atoms with Crippen molar-refractivity contribution < 1.29 is 24.2 Å². The number of carbonyl (C=O) groups excluding carboxylic acids is 3. The van der Waals surface area contributed by atoms with Gasteiger partial charge in [0.1, 0.15) is 11.6 Å². The zero-order chi connectivity index (χ0) is 26.4. The molecule has 8 nitrogen and oxygen atoms in total. The van der Waals surface area contributed by atoms with Crippen LogP contribution in [0.2, 0.25) is 5.02 Å². The Morgan fingerprint density at radius 2 is 1.76 bits per heavy atom. The molecular formula is C28H34ClN3O5. The number of likely N-dealkylation sites (tertiary alicyclic amines) is 1. The van der Waals surface area contributed by atoms with Crippen LogP contribution in [0.3, 0.4) is 0 Å². The highest BCUT2D eigenvalue weighted by atomic mass is 35.5. The smallest absolute Gasteiger partial charge is 0.253 e. The van der Waals surface area contributed by atoms with Crippen LogP contribution in [0.15, 0.2) is 48.6 Å². The highest BCUT2D eigenvalue weighted by molar-refractivity contribution is 6.34. The molecule has 5 rings (SSSR count). The summed E-state index contributed by atoms with van der Waals surface area (Å²) in [5.41, 5.74) is -1.75. The van der Waals surface area contributed by atoms with Gasteiger partial charge in [-0.1, -0.05) is 61.9 Å². The van der Waals surface area contributed by atoms with Crippen molar-refractivity contribution in [2.75, 3.05) is 37.7 Å². The van der Waals surface area contributed by atoms with Gasteiger partial charge < -0.3 is 24.5 Å². The van der Waals surface area contributed by atoms with Crippen LogP contribution in [-0.4, -0.2) is 82.7 Å². The van der Waals surface area contributed by atoms with Crippen molar-refractivity contribution >= 4 is 35.0 Å². The van der Waals surface area contributed by atoms with Crippen molar-refractivity contribution in [3.8, 4) is 0 Å². The number of amides is 3. The van der Waals surface area contributed by atoms with E-state index >= 15 is 0 Å². The fourth-order valence-electron chi connectivity index (χ4n) is 6.65. The average molecular weight is 528 g/mol. The molecule has 0 aromatic heterocycles. The van der Waals surface area contributed by atoms with Gasteiger partial charge in [0.2, 0.25) is 11.8 Å². The number of halogens is 1. The largest absolute Gasteiger partial charge is 0.396 e. The van der Waals surface area contributed by atoms with Crippen LogP contribution in [0.4, 0.5) is 5.69 Å². The van der Waals surface area contributed by atoms with Crippen LogP contribution >= 0.6 is 11.6 Å². The van der Waals surface area contributed by atoms with Gasteiger partial charge in [0.15, 0.2) is 0 Å². The number of hydrogen-bond donors (Lipinski definition) is 1. The molecule has 1 unspecified atom stereocenters. The predicted octanol–water partition coefficient (Wildman–Crippen LogP) is 2.79. The van der Waals surface area contributed by atoms with E-state index in [1.54, 1.807) is 28.0 Å². The van der Waals surface area contributed by atoms with Crippen molar-refractivity contribution in [2.24, 2.45) is 11.8 Å². The third-order valence-corrected chi connectivity index (χ3v) is 8.54. The van der Waals surface area contributed by atoms with Gasteiger partial charge in [-0.05, 0) is 31.4 Å². The van der Waals surface area contributed by atoms with Crippen LogP contribution in [0.1, 0.15) is 33.1 Å². The summed E-state index contributed by atoms with van der Waals surface area (Å²) < 4.78 is 6.91. The maximum Gasteiger partial charge on any atom is 0.253 e. The molecule has 4 heterocycles. The van der Waals surface area contributed by atoms with Crippen LogP contribution in [0.25, 0.3) is 0 Å². The maximum atomic E-state index is 14.3. The maximum absolute atomic E-state index is 14.3. The molecule has 0 saturated carbocycles. The second kappa shape index (κ2) is 9.89. The quantitative estimate of drug-likeness (QED) is 0.551. The molecule has 0 aliphatic carbocycles. The van der Waals surface area contributed by atoms with Gasteiger partial charge in [0.05, 0.1) is 28.1 Å². The molecule has 1 spiro atoms. The summed E-state index contributed by atoms with van der Waals surface area (Å²) in [5, 5.41) is 10.0. The van der Waals surface area contributed by atoms with E-state index in [-0.39, 0.29) is 37.4 Å². The number of nitrogens with zero attached hydrogens (tertiary/aromatic N) is 3. The van der Waals surface area contributed by atoms with Crippen LogP contribution in [-0.2, 0) is 19.1 Å². The van der Waals surface area contributed by atoms with Gasteiger partial charge in [0.25, 0.3) is 5.91 Å². The number of hydrogen-bond acceptors (Lipinski definition) is 5. The molecule has 5 atom stereocenters. The Hall–Kier alpha value is -2.68. The Kier molecular flexibility index (Phi) is 6.94. The molecule has 4 aliphatic rings. The van der Waals surface area contributed by atoms with Crippen LogP contribution < -0.4 is 4.90 Å². The zero-order valence-corrected chi connectivity index (χ0v) is 22.1. The summed E-state index contributed by atoms with van der Waals surface area (Å²) in [6, 6.07) is 6.13. The molecule has 1 aromatic rings. The number of anilines is 1. The van der Waals surface area contributed by atoms with E-state index in [9.17, 15) is 19.5 Å². The topological polar surface area (TPSA) is 90.4 Å². The standard InChI is InChI=1S/C28H34ClN3O5/c1-3-14-30-15-7-12-27(4-2)21(24(30)34)22-25(35)32(17-9-18-33)23-26(36)31(16-8-13-28(22,23)37-27)20-11-6-5-10-19(20)29/h5-8,10-13,21-23,33H,3-4,9,14-18H2,1-2H3/t21-,22-,23?,27+,28-/m0/s1. The first kappa shape index (κ1) is 25.9. The highest BCUT2D eigenvalue weighted by Gasteiger charge is 2.75. The molecule has 0 bridgehead atoms. The molecule has 9 heteroatoms.